The second kappa shape index (κ2) is 10.4. The Kier molecular flexibility index (Phi) is 8.64. The summed E-state index contributed by atoms with van der Waals surface area (Å²) < 4.78 is 81.6. The van der Waals surface area contributed by atoms with E-state index in [1.807, 2.05) is 0 Å². The molecule has 0 aliphatic carbocycles. The fraction of sp³-hybridized carbons (Fsp3) is 0.533. The van der Waals surface area contributed by atoms with Gasteiger partial charge < -0.3 is 10.2 Å². The van der Waals surface area contributed by atoms with Gasteiger partial charge in [0.1, 0.15) is 11.5 Å². The summed E-state index contributed by atoms with van der Waals surface area (Å²) >= 11 is 0. The maximum Gasteiger partial charge on any atom is 0.416 e. The van der Waals surface area contributed by atoms with E-state index in [9.17, 15) is 36.6 Å². The highest BCUT2D eigenvalue weighted by Crippen LogP contribution is 2.41. The molecular formula is C30H38F6N2O2. The number of hydrogen-bond donors (Lipinski definition) is 2. The van der Waals surface area contributed by atoms with Crippen molar-refractivity contribution < 1.29 is 36.6 Å². The molecule has 0 atom stereocenters. The fourth-order valence-corrected chi connectivity index (χ4v) is 3.76. The monoisotopic (exact) mass is 572 g/mol. The first-order valence-corrected chi connectivity index (χ1v) is 12.7. The molecule has 2 rings (SSSR count). The number of benzene rings is 2. The van der Waals surface area contributed by atoms with E-state index in [2.05, 4.69) is 9.98 Å². The molecule has 0 spiro atoms. The van der Waals surface area contributed by atoms with Gasteiger partial charge in [0.05, 0.1) is 22.2 Å². The normalized spacial score (nSPS) is 14.5. The number of halogens is 6. The third-order valence-corrected chi connectivity index (χ3v) is 7.10. The Morgan fingerprint density at radius 3 is 1.02 bits per heavy atom. The topological polar surface area (TPSA) is 65.2 Å². The van der Waals surface area contributed by atoms with E-state index in [1.54, 1.807) is 69.2 Å². The Morgan fingerprint density at radius 2 is 0.800 bits per heavy atom. The third-order valence-electron chi connectivity index (χ3n) is 7.10. The van der Waals surface area contributed by atoms with Crippen LogP contribution in [0, 0.1) is 0 Å². The maximum absolute atomic E-state index is 13.6. The Balaban J connectivity index is 2.59. The van der Waals surface area contributed by atoms with Crippen molar-refractivity contribution in [3.63, 3.8) is 0 Å². The molecule has 2 N–H and O–H groups in total. The summed E-state index contributed by atoms with van der Waals surface area (Å²) in [6.45, 7) is 16.7. The molecule has 4 nitrogen and oxygen atoms in total. The van der Waals surface area contributed by atoms with Gasteiger partial charge in [0, 0.05) is 34.7 Å². The SMILES string of the molecule is CC(C)(C)c1cc(C(F)(F)F)cc(C=NC(C)(C)C(C)(C)N=Cc2cc(C(F)(F)F)cc(C(C)(C)C)c2O)c1O. The van der Waals surface area contributed by atoms with Crippen LogP contribution in [0.25, 0.3) is 0 Å². The molecule has 222 valence electrons. The molecule has 10 heteroatoms. The number of hydrogen-bond acceptors (Lipinski definition) is 4. The molecule has 2 aromatic carbocycles. The van der Waals surface area contributed by atoms with Crippen molar-refractivity contribution >= 4 is 12.4 Å². The minimum atomic E-state index is -4.64. The average molecular weight is 573 g/mol. The summed E-state index contributed by atoms with van der Waals surface area (Å²) in [6, 6.07) is 3.46. The molecule has 0 saturated heterocycles. The second-order valence-electron chi connectivity index (χ2n) is 13.1. The number of nitrogens with zero attached hydrogens (tertiary/aromatic N) is 2. The van der Waals surface area contributed by atoms with Crippen molar-refractivity contribution in [1.82, 2.24) is 0 Å². The minimum Gasteiger partial charge on any atom is -0.507 e. The zero-order chi connectivity index (χ0) is 31.3. The summed E-state index contributed by atoms with van der Waals surface area (Å²) in [5, 5.41) is 21.5. The highest BCUT2D eigenvalue weighted by Gasteiger charge is 2.38. The van der Waals surface area contributed by atoms with Crippen LogP contribution in [0.5, 0.6) is 11.5 Å². The first kappa shape index (κ1) is 33.2. The molecule has 0 aliphatic heterocycles. The van der Waals surface area contributed by atoms with Gasteiger partial charge in [-0.25, -0.2) is 0 Å². The van der Waals surface area contributed by atoms with Crippen LogP contribution in [0.4, 0.5) is 26.3 Å². The number of rotatable bonds is 5. The Bertz CT molecular complexity index is 1200. The Morgan fingerprint density at radius 1 is 0.525 bits per heavy atom. The van der Waals surface area contributed by atoms with Crippen molar-refractivity contribution in [2.45, 2.75) is 103 Å². The molecule has 0 radical (unpaired) electrons. The summed E-state index contributed by atoms with van der Waals surface area (Å²) in [7, 11) is 0. The summed E-state index contributed by atoms with van der Waals surface area (Å²) in [6.07, 6.45) is -6.99. The van der Waals surface area contributed by atoms with Crippen molar-refractivity contribution in [1.29, 1.82) is 0 Å². The van der Waals surface area contributed by atoms with E-state index >= 15 is 0 Å². The van der Waals surface area contributed by atoms with Crippen molar-refractivity contribution in [2.75, 3.05) is 0 Å². The summed E-state index contributed by atoms with van der Waals surface area (Å²) in [4.78, 5) is 8.89. The van der Waals surface area contributed by atoms with Gasteiger partial charge in [0.25, 0.3) is 0 Å². The Hall–Kier alpha value is -3.04. The zero-order valence-electron chi connectivity index (χ0n) is 24.5. The molecule has 0 amide bonds. The number of phenols is 2. The van der Waals surface area contributed by atoms with Crippen LogP contribution in [-0.2, 0) is 23.2 Å². The molecule has 0 fully saturated rings. The molecule has 0 heterocycles. The van der Waals surface area contributed by atoms with Gasteiger partial charge in [-0.15, -0.1) is 0 Å². The molecule has 40 heavy (non-hydrogen) atoms. The van der Waals surface area contributed by atoms with E-state index in [4.69, 9.17) is 0 Å². The first-order chi connectivity index (χ1) is 17.7. The molecule has 0 bridgehead atoms. The minimum absolute atomic E-state index is 0.105. The predicted molar refractivity (Wildman–Crippen MR) is 147 cm³/mol. The van der Waals surface area contributed by atoms with Gasteiger partial charge in [0.2, 0.25) is 0 Å². The zero-order valence-corrected chi connectivity index (χ0v) is 24.5. The first-order valence-electron chi connectivity index (χ1n) is 12.7. The predicted octanol–water partition coefficient (Wildman–Crippen LogP) is 8.83. The van der Waals surface area contributed by atoms with Crippen LogP contribution in [-0.4, -0.2) is 33.7 Å². The van der Waals surface area contributed by atoms with Crippen LogP contribution in [0.2, 0.25) is 0 Å². The fourth-order valence-electron chi connectivity index (χ4n) is 3.76. The van der Waals surface area contributed by atoms with Gasteiger partial charge in [0.15, 0.2) is 0 Å². The average Bonchev–Trinajstić information content (AvgIpc) is 2.74. The Labute approximate surface area is 231 Å². The van der Waals surface area contributed by atoms with Crippen molar-refractivity contribution in [3.8, 4) is 11.5 Å². The van der Waals surface area contributed by atoms with E-state index in [0.717, 1.165) is 36.7 Å². The number of phenolic OH excluding ortho intramolecular Hbond substituents is 2. The van der Waals surface area contributed by atoms with E-state index < -0.39 is 45.4 Å². The number of aromatic hydroxyl groups is 2. The third kappa shape index (κ3) is 7.37. The van der Waals surface area contributed by atoms with E-state index in [-0.39, 0.29) is 33.8 Å². The summed E-state index contributed by atoms with van der Waals surface area (Å²) in [5.74, 6) is -0.657. The lowest BCUT2D eigenvalue weighted by Gasteiger charge is -2.35. The molecule has 0 aliphatic rings. The van der Waals surface area contributed by atoms with Gasteiger partial charge in [-0.1, -0.05) is 41.5 Å². The standard InChI is InChI=1S/C30H38F6N2O2/c1-25(2,3)21-13-19(29(31,32)33)11-17(23(21)39)15-37-27(7,8)28(9,10)38-16-18-12-20(30(34,35)36)14-22(24(18)40)26(4,5)6/h11-16,39-40H,1-10H3. The maximum atomic E-state index is 13.6. The molecule has 0 saturated carbocycles. The van der Waals surface area contributed by atoms with Crippen LogP contribution >= 0.6 is 0 Å². The van der Waals surface area contributed by atoms with Crippen LogP contribution in [0.15, 0.2) is 34.3 Å². The number of alkyl halides is 6. The number of aliphatic imine (C=N–C) groups is 2. The quantitative estimate of drug-likeness (QED) is 0.278. The molecule has 0 aromatic heterocycles. The van der Waals surface area contributed by atoms with Gasteiger partial charge in [-0.05, 0) is 62.8 Å². The summed E-state index contributed by atoms with van der Waals surface area (Å²) in [5.41, 5.74) is -5.68. The van der Waals surface area contributed by atoms with Gasteiger partial charge in [-0.2, -0.15) is 26.3 Å². The van der Waals surface area contributed by atoms with E-state index in [1.165, 1.54) is 0 Å². The van der Waals surface area contributed by atoms with Crippen LogP contribution in [0.3, 0.4) is 0 Å². The van der Waals surface area contributed by atoms with Crippen LogP contribution < -0.4 is 0 Å². The van der Waals surface area contributed by atoms with Gasteiger partial charge in [-0.3, -0.25) is 9.98 Å². The molecule has 2 aromatic rings. The highest BCUT2D eigenvalue weighted by molar-refractivity contribution is 5.86. The molecular weight excluding hydrogens is 534 g/mol. The highest BCUT2D eigenvalue weighted by atomic mass is 19.4. The lowest BCUT2D eigenvalue weighted by atomic mass is 9.82. The van der Waals surface area contributed by atoms with Crippen LogP contribution in [0.1, 0.15) is 103 Å². The van der Waals surface area contributed by atoms with Crippen molar-refractivity contribution in [3.05, 3.63) is 57.6 Å². The largest absolute Gasteiger partial charge is 0.507 e. The van der Waals surface area contributed by atoms with Crippen molar-refractivity contribution in [2.24, 2.45) is 9.98 Å². The second-order valence-corrected chi connectivity index (χ2v) is 13.1. The lowest BCUT2D eigenvalue weighted by Crippen LogP contribution is -2.42. The smallest absolute Gasteiger partial charge is 0.416 e. The molecule has 0 unspecified atom stereocenters. The van der Waals surface area contributed by atoms with E-state index in [0.29, 0.717) is 0 Å². The lowest BCUT2D eigenvalue weighted by molar-refractivity contribution is -0.138. The van der Waals surface area contributed by atoms with Gasteiger partial charge >= 0.3 is 12.4 Å².